The zero-order valence-electron chi connectivity index (χ0n) is 12.2. The van der Waals surface area contributed by atoms with E-state index in [-0.39, 0.29) is 5.95 Å². The van der Waals surface area contributed by atoms with E-state index in [0.717, 1.165) is 13.1 Å². The SMILES string of the molecule is CN(CC(C)(C)O)c1nc(N)nc(N2CCOCC2)n1. The molecule has 112 valence electrons. The Morgan fingerprint density at radius 3 is 2.55 bits per heavy atom. The minimum atomic E-state index is -0.838. The summed E-state index contributed by atoms with van der Waals surface area (Å²) in [4.78, 5) is 16.5. The van der Waals surface area contributed by atoms with Crippen molar-refractivity contribution in [2.24, 2.45) is 0 Å². The van der Waals surface area contributed by atoms with Crippen LogP contribution in [-0.4, -0.2) is 65.6 Å². The predicted molar refractivity (Wildman–Crippen MR) is 76.8 cm³/mol. The number of anilines is 3. The van der Waals surface area contributed by atoms with Gasteiger partial charge in [0.2, 0.25) is 17.8 Å². The first kappa shape index (κ1) is 14.7. The highest BCUT2D eigenvalue weighted by atomic mass is 16.5. The van der Waals surface area contributed by atoms with Crippen molar-refractivity contribution in [2.75, 3.05) is 55.4 Å². The molecule has 0 spiro atoms. The molecule has 3 N–H and O–H groups in total. The smallest absolute Gasteiger partial charge is 0.232 e. The van der Waals surface area contributed by atoms with Crippen molar-refractivity contribution in [3.05, 3.63) is 0 Å². The lowest BCUT2D eigenvalue weighted by atomic mass is 10.1. The molecule has 1 fully saturated rings. The van der Waals surface area contributed by atoms with E-state index in [1.165, 1.54) is 0 Å². The molecule has 1 aliphatic heterocycles. The van der Waals surface area contributed by atoms with E-state index in [4.69, 9.17) is 10.5 Å². The summed E-state index contributed by atoms with van der Waals surface area (Å²) in [6.07, 6.45) is 0. The van der Waals surface area contributed by atoms with Crippen molar-refractivity contribution in [2.45, 2.75) is 19.4 Å². The summed E-state index contributed by atoms with van der Waals surface area (Å²) in [6, 6.07) is 0. The lowest BCUT2D eigenvalue weighted by molar-refractivity contribution is 0.0883. The molecule has 2 rings (SSSR count). The van der Waals surface area contributed by atoms with E-state index in [1.54, 1.807) is 18.7 Å². The molecule has 8 nitrogen and oxygen atoms in total. The van der Waals surface area contributed by atoms with Gasteiger partial charge >= 0.3 is 0 Å². The molecule has 1 saturated heterocycles. The Hall–Kier alpha value is -1.67. The summed E-state index contributed by atoms with van der Waals surface area (Å²) in [5.74, 6) is 1.19. The van der Waals surface area contributed by atoms with E-state index in [0.29, 0.717) is 31.7 Å². The van der Waals surface area contributed by atoms with Crippen LogP contribution in [0.25, 0.3) is 0 Å². The number of nitrogen functional groups attached to an aromatic ring is 1. The lowest BCUT2D eigenvalue weighted by Gasteiger charge is -2.29. The van der Waals surface area contributed by atoms with Gasteiger partial charge in [-0.1, -0.05) is 0 Å². The molecule has 0 aromatic carbocycles. The summed E-state index contributed by atoms with van der Waals surface area (Å²) < 4.78 is 5.31. The molecular weight excluding hydrogens is 260 g/mol. The fourth-order valence-electron chi connectivity index (χ4n) is 2.10. The molecule has 0 saturated carbocycles. The molecule has 0 bridgehead atoms. The van der Waals surface area contributed by atoms with Crippen LogP contribution in [-0.2, 0) is 4.74 Å². The van der Waals surface area contributed by atoms with Crippen molar-refractivity contribution in [3.8, 4) is 0 Å². The van der Waals surface area contributed by atoms with Gasteiger partial charge in [-0.2, -0.15) is 15.0 Å². The van der Waals surface area contributed by atoms with Crippen LogP contribution >= 0.6 is 0 Å². The number of hydrogen-bond donors (Lipinski definition) is 2. The molecule has 0 unspecified atom stereocenters. The van der Waals surface area contributed by atoms with Crippen LogP contribution in [0.5, 0.6) is 0 Å². The number of likely N-dealkylation sites (N-methyl/N-ethyl adjacent to an activating group) is 1. The number of hydrogen-bond acceptors (Lipinski definition) is 8. The molecule has 8 heteroatoms. The van der Waals surface area contributed by atoms with Crippen molar-refractivity contribution < 1.29 is 9.84 Å². The first-order valence-corrected chi connectivity index (χ1v) is 6.63. The summed E-state index contributed by atoms with van der Waals surface area (Å²) in [6.45, 7) is 6.64. The van der Waals surface area contributed by atoms with Crippen LogP contribution in [0.4, 0.5) is 17.8 Å². The highest BCUT2D eigenvalue weighted by Crippen LogP contribution is 2.17. The Morgan fingerprint density at radius 2 is 1.95 bits per heavy atom. The Kier molecular flexibility index (Phi) is 4.24. The number of ether oxygens (including phenoxy) is 1. The molecular formula is C12H22N6O2. The first-order valence-electron chi connectivity index (χ1n) is 6.63. The summed E-state index contributed by atoms with van der Waals surface area (Å²) >= 11 is 0. The Labute approximate surface area is 118 Å². The standard InChI is InChI=1S/C12H22N6O2/c1-12(2,19)8-17(3)10-14-9(13)15-11(16-10)18-4-6-20-7-5-18/h19H,4-8H2,1-3H3,(H2,13,14,15,16). The molecule has 0 atom stereocenters. The van der Waals surface area contributed by atoms with Crippen molar-refractivity contribution >= 4 is 17.8 Å². The van der Waals surface area contributed by atoms with Gasteiger partial charge in [0, 0.05) is 26.7 Å². The van der Waals surface area contributed by atoms with Crippen molar-refractivity contribution in [3.63, 3.8) is 0 Å². The van der Waals surface area contributed by atoms with Gasteiger partial charge in [-0.25, -0.2) is 0 Å². The fourth-order valence-corrected chi connectivity index (χ4v) is 2.10. The van der Waals surface area contributed by atoms with Crippen LogP contribution in [0.1, 0.15) is 13.8 Å². The van der Waals surface area contributed by atoms with Gasteiger partial charge in [-0.3, -0.25) is 0 Å². The third-order valence-electron chi connectivity index (χ3n) is 2.89. The molecule has 1 aromatic heterocycles. The third-order valence-corrected chi connectivity index (χ3v) is 2.89. The van der Waals surface area contributed by atoms with E-state index in [2.05, 4.69) is 15.0 Å². The van der Waals surface area contributed by atoms with Crippen molar-refractivity contribution in [1.82, 2.24) is 15.0 Å². The maximum absolute atomic E-state index is 9.87. The summed E-state index contributed by atoms with van der Waals surface area (Å²) in [7, 11) is 1.82. The molecule has 0 radical (unpaired) electrons. The number of nitrogens with two attached hydrogens (primary N) is 1. The van der Waals surface area contributed by atoms with Crippen molar-refractivity contribution in [1.29, 1.82) is 0 Å². The molecule has 2 heterocycles. The second kappa shape index (κ2) is 5.76. The highest BCUT2D eigenvalue weighted by molar-refractivity contribution is 5.43. The van der Waals surface area contributed by atoms with Gasteiger partial charge in [-0.05, 0) is 13.8 Å². The highest BCUT2D eigenvalue weighted by Gasteiger charge is 2.20. The zero-order valence-corrected chi connectivity index (χ0v) is 12.2. The van der Waals surface area contributed by atoms with E-state index < -0.39 is 5.60 Å². The van der Waals surface area contributed by atoms with E-state index in [9.17, 15) is 5.11 Å². The van der Waals surface area contributed by atoms with Crippen LogP contribution < -0.4 is 15.5 Å². The second-order valence-electron chi connectivity index (χ2n) is 5.56. The Bertz CT molecular complexity index is 456. The summed E-state index contributed by atoms with van der Waals surface area (Å²) in [5.41, 5.74) is 4.92. The number of rotatable bonds is 4. The monoisotopic (exact) mass is 282 g/mol. The summed E-state index contributed by atoms with van der Waals surface area (Å²) in [5, 5.41) is 9.87. The molecule has 1 aromatic rings. The molecule has 1 aliphatic rings. The second-order valence-corrected chi connectivity index (χ2v) is 5.56. The van der Waals surface area contributed by atoms with Crippen LogP contribution in [0.2, 0.25) is 0 Å². The fraction of sp³-hybridized carbons (Fsp3) is 0.750. The Balaban J connectivity index is 2.19. The van der Waals surface area contributed by atoms with Crippen LogP contribution in [0, 0.1) is 0 Å². The van der Waals surface area contributed by atoms with Crippen LogP contribution in [0.15, 0.2) is 0 Å². The van der Waals surface area contributed by atoms with Gasteiger partial charge in [0.1, 0.15) is 0 Å². The third kappa shape index (κ3) is 3.91. The average molecular weight is 282 g/mol. The molecule has 0 amide bonds. The maximum atomic E-state index is 9.87. The largest absolute Gasteiger partial charge is 0.389 e. The minimum Gasteiger partial charge on any atom is -0.389 e. The maximum Gasteiger partial charge on any atom is 0.232 e. The molecule has 20 heavy (non-hydrogen) atoms. The average Bonchev–Trinajstić information content (AvgIpc) is 2.37. The zero-order chi connectivity index (χ0) is 14.8. The topological polar surface area (TPSA) is 101 Å². The van der Waals surface area contributed by atoms with Gasteiger partial charge in [0.25, 0.3) is 0 Å². The Morgan fingerprint density at radius 1 is 1.30 bits per heavy atom. The van der Waals surface area contributed by atoms with Gasteiger partial charge in [0.15, 0.2) is 0 Å². The number of aliphatic hydroxyl groups is 1. The quantitative estimate of drug-likeness (QED) is 0.762. The lowest BCUT2D eigenvalue weighted by Crippen LogP contribution is -2.39. The normalized spacial score (nSPS) is 16.3. The number of morpholine rings is 1. The minimum absolute atomic E-state index is 0.180. The molecule has 0 aliphatic carbocycles. The number of aromatic nitrogens is 3. The van der Waals surface area contributed by atoms with E-state index in [1.807, 2.05) is 11.9 Å². The van der Waals surface area contributed by atoms with Gasteiger partial charge in [0.05, 0.1) is 18.8 Å². The van der Waals surface area contributed by atoms with E-state index >= 15 is 0 Å². The first-order chi connectivity index (χ1) is 9.35. The number of nitrogens with zero attached hydrogens (tertiary/aromatic N) is 5. The van der Waals surface area contributed by atoms with Gasteiger partial charge < -0.3 is 25.4 Å². The van der Waals surface area contributed by atoms with Crippen LogP contribution in [0.3, 0.4) is 0 Å². The van der Waals surface area contributed by atoms with Gasteiger partial charge in [-0.15, -0.1) is 0 Å². The predicted octanol–water partition coefficient (Wildman–Crippen LogP) is -0.502.